The average Bonchev–Trinajstić information content (AvgIpc) is 3.18. The van der Waals surface area contributed by atoms with Crippen molar-refractivity contribution in [3.8, 4) is 0 Å². The van der Waals surface area contributed by atoms with Crippen molar-refractivity contribution in [1.29, 1.82) is 0 Å². The highest BCUT2D eigenvalue weighted by atomic mass is 32.1. The molecule has 0 unspecified atom stereocenters. The number of piperidine rings is 1. The highest BCUT2D eigenvalue weighted by Gasteiger charge is 2.43. The fourth-order valence-corrected chi connectivity index (χ4v) is 4.82. The Bertz CT molecular complexity index is 842. The Labute approximate surface area is 194 Å². The van der Waals surface area contributed by atoms with Crippen LogP contribution in [-0.4, -0.2) is 66.2 Å². The van der Waals surface area contributed by atoms with Gasteiger partial charge < -0.3 is 25.2 Å². The number of thiocarbonyl (C=S) groups is 1. The lowest BCUT2D eigenvalue weighted by Crippen LogP contribution is -2.50. The van der Waals surface area contributed by atoms with Gasteiger partial charge in [-0.15, -0.1) is 0 Å². The van der Waals surface area contributed by atoms with E-state index >= 15 is 0 Å². The first-order chi connectivity index (χ1) is 15.2. The van der Waals surface area contributed by atoms with Gasteiger partial charge in [0.25, 0.3) is 0 Å². The second-order valence-corrected chi connectivity index (χ2v) is 9.61. The third kappa shape index (κ3) is 5.88. The summed E-state index contributed by atoms with van der Waals surface area (Å²) >= 11 is 5.49. The smallest absolute Gasteiger partial charge is 0.328 e. The molecule has 0 aliphatic carbocycles. The molecular formula is C23H33FN4O3S. The molecular weight excluding hydrogens is 431 g/mol. The molecule has 0 radical (unpaired) electrons. The van der Waals surface area contributed by atoms with Gasteiger partial charge >= 0.3 is 12.0 Å². The van der Waals surface area contributed by atoms with Gasteiger partial charge in [0.1, 0.15) is 11.9 Å². The van der Waals surface area contributed by atoms with Crippen LogP contribution >= 0.6 is 12.2 Å². The maximum absolute atomic E-state index is 13.9. The maximum atomic E-state index is 13.9. The fourth-order valence-electron chi connectivity index (χ4n) is 4.53. The number of nitrogens with one attached hydrogen (secondary N) is 2. The fraction of sp³-hybridized carbons (Fsp3) is 0.609. The van der Waals surface area contributed by atoms with Crippen LogP contribution < -0.4 is 10.6 Å². The lowest BCUT2D eigenvalue weighted by molar-refractivity contribution is -0.143. The van der Waals surface area contributed by atoms with Gasteiger partial charge in [-0.05, 0) is 61.4 Å². The molecule has 7 nitrogen and oxygen atoms in total. The molecule has 2 aliphatic rings. The number of methoxy groups -OCH3 is 1. The summed E-state index contributed by atoms with van der Waals surface area (Å²) in [6, 6.07) is 5.64. The van der Waals surface area contributed by atoms with E-state index in [1.807, 2.05) is 18.7 Å². The molecule has 1 spiro atoms. The second-order valence-electron chi connectivity index (χ2n) is 9.22. The number of hydrogen-bond donors (Lipinski definition) is 2. The molecule has 32 heavy (non-hydrogen) atoms. The quantitative estimate of drug-likeness (QED) is 0.512. The van der Waals surface area contributed by atoms with Crippen LogP contribution in [0.5, 0.6) is 0 Å². The highest BCUT2D eigenvalue weighted by Crippen LogP contribution is 2.40. The SMILES string of the molecule is COC(=O)[C@H](CC(C)C)NC(=O)N1CCC2(CCN(C(=S)Nc3ccccc3F)CC2)C1. The van der Waals surface area contributed by atoms with Crippen LogP contribution in [0, 0.1) is 17.2 Å². The van der Waals surface area contributed by atoms with Crippen molar-refractivity contribution in [2.45, 2.75) is 45.6 Å². The van der Waals surface area contributed by atoms with Crippen LogP contribution in [0.15, 0.2) is 24.3 Å². The number of para-hydroxylation sites is 1. The van der Waals surface area contributed by atoms with Crippen molar-refractivity contribution < 1.29 is 18.7 Å². The minimum Gasteiger partial charge on any atom is -0.467 e. The van der Waals surface area contributed by atoms with E-state index in [-0.39, 0.29) is 23.2 Å². The number of esters is 1. The number of benzene rings is 1. The van der Waals surface area contributed by atoms with Crippen LogP contribution in [0.25, 0.3) is 0 Å². The number of anilines is 1. The number of likely N-dealkylation sites (tertiary alicyclic amines) is 2. The largest absolute Gasteiger partial charge is 0.467 e. The summed E-state index contributed by atoms with van der Waals surface area (Å²) in [6.07, 6.45) is 3.28. The standard InChI is InChI=1S/C23H33FN4O3S/c1-16(2)14-19(20(29)31-3)25-21(30)28-13-10-23(15-28)8-11-27(12-9-23)22(32)26-18-7-5-4-6-17(18)24/h4-7,16,19H,8-15H2,1-3H3,(H,25,30)(H,26,32)/t19-/m0/s1. The molecule has 0 saturated carbocycles. The number of hydrogen-bond acceptors (Lipinski definition) is 4. The van der Waals surface area contributed by atoms with Crippen molar-refractivity contribution in [2.75, 3.05) is 38.6 Å². The Morgan fingerprint density at radius 3 is 2.38 bits per heavy atom. The number of ether oxygens (including phenoxy) is 1. The monoisotopic (exact) mass is 464 g/mol. The summed E-state index contributed by atoms with van der Waals surface area (Å²) in [6.45, 7) is 6.86. The zero-order valence-corrected chi connectivity index (χ0v) is 19.8. The van der Waals surface area contributed by atoms with Crippen molar-refractivity contribution >= 4 is 35.0 Å². The highest BCUT2D eigenvalue weighted by molar-refractivity contribution is 7.80. The van der Waals surface area contributed by atoms with Crippen LogP contribution in [-0.2, 0) is 9.53 Å². The first-order valence-electron chi connectivity index (χ1n) is 11.2. The van der Waals surface area contributed by atoms with Gasteiger partial charge in [0.05, 0.1) is 12.8 Å². The minimum absolute atomic E-state index is 0.0558. The number of rotatable bonds is 5. The summed E-state index contributed by atoms with van der Waals surface area (Å²) < 4.78 is 18.7. The Balaban J connectivity index is 1.51. The van der Waals surface area contributed by atoms with E-state index in [1.165, 1.54) is 13.2 Å². The third-order valence-corrected chi connectivity index (χ3v) is 6.80. The second kappa shape index (κ2) is 10.5. The van der Waals surface area contributed by atoms with E-state index in [4.69, 9.17) is 17.0 Å². The maximum Gasteiger partial charge on any atom is 0.328 e. The molecule has 2 saturated heterocycles. The zero-order chi connectivity index (χ0) is 23.3. The first kappa shape index (κ1) is 24.2. The molecule has 0 aromatic heterocycles. The molecule has 3 rings (SSSR count). The predicted octanol–water partition coefficient (Wildman–Crippen LogP) is 3.61. The summed E-state index contributed by atoms with van der Waals surface area (Å²) in [5.41, 5.74) is 0.434. The molecule has 1 aromatic rings. The van der Waals surface area contributed by atoms with E-state index in [0.29, 0.717) is 30.3 Å². The van der Waals surface area contributed by atoms with Crippen LogP contribution in [0.1, 0.15) is 39.5 Å². The Morgan fingerprint density at radius 1 is 1.16 bits per heavy atom. The molecule has 1 atom stereocenters. The lowest BCUT2D eigenvalue weighted by Gasteiger charge is -2.40. The number of carbonyl (C=O) groups is 2. The molecule has 0 bridgehead atoms. The summed E-state index contributed by atoms with van der Waals surface area (Å²) in [5.74, 6) is -0.482. The van der Waals surface area contributed by atoms with E-state index in [0.717, 1.165) is 32.4 Å². The van der Waals surface area contributed by atoms with Crippen molar-refractivity contribution in [3.05, 3.63) is 30.1 Å². The zero-order valence-electron chi connectivity index (χ0n) is 19.0. The van der Waals surface area contributed by atoms with Crippen LogP contribution in [0.2, 0.25) is 0 Å². The Hall–Kier alpha value is -2.42. The van der Waals surface area contributed by atoms with Gasteiger partial charge in [0, 0.05) is 26.2 Å². The van der Waals surface area contributed by atoms with Crippen molar-refractivity contribution in [1.82, 2.24) is 15.1 Å². The van der Waals surface area contributed by atoms with E-state index in [9.17, 15) is 14.0 Å². The van der Waals surface area contributed by atoms with Crippen molar-refractivity contribution in [3.63, 3.8) is 0 Å². The van der Waals surface area contributed by atoms with Gasteiger partial charge in [-0.3, -0.25) is 0 Å². The van der Waals surface area contributed by atoms with E-state index < -0.39 is 12.0 Å². The molecule has 1 aromatic carbocycles. The van der Waals surface area contributed by atoms with E-state index in [2.05, 4.69) is 15.5 Å². The summed E-state index contributed by atoms with van der Waals surface area (Å²) in [4.78, 5) is 28.7. The van der Waals surface area contributed by atoms with Gasteiger partial charge in [-0.1, -0.05) is 26.0 Å². The normalized spacial score (nSPS) is 18.5. The summed E-state index contributed by atoms with van der Waals surface area (Å²) in [5, 5.41) is 6.38. The first-order valence-corrected chi connectivity index (χ1v) is 11.6. The van der Waals surface area contributed by atoms with Gasteiger partial charge in [0.2, 0.25) is 0 Å². The van der Waals surface area contributed by atoms with Gasteiger partial charge in [0.15, 0.2) is 5.11 Å². The van der Waals surface area contributed by atoms with E-state index in [1.54, 1.807) is 18.2 Å². The molecule has 2 fully saturated rings. The third-order valence-electron chi connectivity index (χ3n) is 6.44. The summed E-state index contributed by atoms with van der Waals surface area (Å²) in [7, 11) is 1.34. The van der Waals surface area contributed by atoms with Crippen molar-refractivity contribution in [2.24, 2.45) is 11.3 Å². The van der Waals surface area contributed by atoms with Crippen LogP contribution in [0.3, 0.4) is 0 Å². The van der Waals surface area contributed by atoms with Crippen LogP contribution in [0.4, 0.5) is 14.9 Å². The molecule has 176 valence electrons. The number of nitrogens with zero attached hydrogens (tertiary/aromatic N) is 2. The lowest BCUT2D eigenvalue weighted by atomic mass is 9.78. The molecule has 2 amide bonds. The average molecular weight is 465 g/mol. The Morgan fingerprint density at radius 2 is 1.78 bits per heavy atom. The molecule has 2 heterocycles. The molecule has 9 heteroatoms. The van der Waals surface area contributed by atoms with Gasteiger partial charge in [-0.25, -0.2) is 14.0 Å². The number of urea groups is 1. The Kier molecular flexibility index (Phi) is 7.92. The van der Waals surface area contributed by atoms with Gasteiger partial charge in [-0.2, -0.15) is 0 Å². The molecule has 2 N–H and O–H groups in total. The number of amides is 2. The minimum atomic E-state index is -0.632. The number of halogens is 1. The number of carbonyl (C=O) groups excluding carboxylic acids is 2. The topological polar surface area (TPSA) is 73.9 Å². The molecule has 2 aliphatic heterocycles. The predicted molar refractivity (Wildman–Crippen MR) is 126 cm³/mol.